The van der Waals surface area contributed by atoms with Crippen LogP contribution in [-0.4, -0.2) is 44.4 Å². The molecule has 5 nitrogen and oxygen atoms in total. The van der Waals surface area contributed by atoms with Crippen LogP contribution >= 0.6 is 0 Å². The van der Waals surface area contributed by atoms with Gasteiger partial charge in [0.25, 0.3) is 0 Å². The first-order valence-electron chi connectivity index (χ1n) is 7.84. The molecule has 1 saturated heterocycles. The summed E-state index contributed by atoms with van der Waals surface area (Å²) in [5.41, 5.74) is 0.562. The van der Waals surface area contributed by atoms with Crippen LogP contribution in [-0.2, 0) is 14.6 Å². The molecule has 1 aromatic carbocycles. The average Bonchev–Trinajstić information content (AvgIpc) is 2.45. The summed E-state index contributed by atoms with van der Waals surface area (Å²) in [5, 5.41) is 0. The van der Waals surface area contributed by atoms with Gasteiger partial charge in [0.15, 0.2) is 9.84 Å². The number of amides is 1. The lowest BCUT2D eigenvalue weighted by atomic mass is 9.91. The van der Waals surface area contributed by atoms with Crippen molar-refractivity contribution in [2.75, 3.05) is 19.3 Å². The molecule has 1 fully saturated rings. The van der Waals surface area contributed by atoms with Gasteiger partial charge in [0, 0.05) is 25.3 Å². The Bertz CT molecular complexity index is 659. The zero-order chi connectivity index (χ0) is 17.3. The number of nitrogens with zero attached hydrogens (tertiary/aromatic N) is 1. The predicted molar refractivity (Wildman–Crippen MR) is 89.3 cm³/mol. The van der Waals surface area contributed by atoms with Crippen LogP contribution in [0, 0.1) is 0 Å². The molecular formula is C17H25NO4S. The molecule has 23 heavy (non-hydrogen) atoms. The number of carbonyl (C=O) groups is 1. The summed E-state index contributed by atoms with van der Waals surface area (Å²) >= 11 is 0. The Morgan fingerprint density at radius 2 is 1.83 bits per heavy atom. The van der Waals surface area contributed by atoms with Gasteiger partial charge in [0.2, 0.25) is 0 Å². The van der Waals surface area contributed by atoms with Crippen molar-refractivity contribution in [3.05, 3.63) is 29.8 Å². The third-order valence-electron chi connectivity index (χ3n) is 3.85. The Hall–Kier alpha value is -1.56. The van der Waals surface area contributed by atoms with Gasteiger partial charge in [-0.3, -0.25) is 0 Å². The highest BCUT2D eigenvalue weighted by Gasteiger charge is 2.28. The first-order valence-corrected chi connectivity index (χ1v) is 9.73. The van der Waals surface area contributed by atoms with Crippen LogP contribution < -0.4 is 0 Å². The molecule has 0 aromatic heterocycles. The minimum atomic E-state index is -3.18. The highest BCUT2D eigenvalue weighted by atomic mass is 32.2. The molecule has 0 spiro atoms. The normalized spacial score (nSPS) is 19.5. The smallest absolute Gasteiger partial charge is 0.410 e. The van der Waals surface area contributed by atoms with E-state index >= 15 is 0 Å². The average molecular weight is 339 g/mol. The number of piperidine rings is 1. The Morgan fingerprint density at radius 1 is 1.22 bits per heavy atom. The van der Waals surface area contributed by atoms with E-state index in [1.165, 1.54) is 6.26 Å². The molecular weight excluding hydrogens is 314 g/mol. The van der Waals surface area contributed by atoms with Crippen LogP contribution in [0.15, 0.2) is 29.2 Å². The Balaban J connectivity index is 2.08. The second-order valence-electron chi connectivity index (χ2n) is 7.11. The van der Waals surface area contributed by atoms with Gasteiger partial charge in [-0.15, -0.1) is 0 Å². The first-order chi connectivity index (χ1) is 10.6. The van der Waals surface area contributed by atoms with Gasteiger partial charge in [0.05, 0.1) is 4.90 Å². The highest BCUT2D eigenvalue weighted by molar-refractivity contribution is 7.90. The number of ether oxygens (including phenoxy) is 1. The third kappa shape index (κ3) is 4.96. The molecule has 1 atom stereocenters. The summed E-state index contributed by atoms with van der Waals surface area (Å²) in [4.78, 5) is 14.3. The van der Waals surface area contributed by atoms with Crippen LogP contribution in [0.1, 0.15) is 45.1 Å². The lowest BCUT2D eigenvalue weighted by molar-refractivity contribution is 0.0198. The molecule has 1 aromatic rings. The summed E-state index contributed by atoms with van der Waals surface area (Å²) in [6.45, 7) is 6.88. The van der Waals surface area contributed by atoms with Gasteiger partial charge in [-0.05, 0) is 51.3 Å². The van der Waals surface area contributed by atoms with Gasteiger partial charge in [0.1, 0.15) is 5.60 Å². The van der Waals surface area contributed by atoms with E-state index < -0.39 is 15.4 Å². The molecule has 0 radical (unpaired) electrons. The number of hydrogen-bond donors (Lipinski definition) is 0. The van der Waals surface area contributed by atoms with E-state index in [9.17, 15) is 13.2 Å². The van der Waals surface area contributed by atoms with E-state index in [0.717, 1.165) is 18.4 Å². The molecule has 1 aliphatic heterocycles. The second-order valence-corrected chi connectivity index (χ2v) is 9.12. The van der Waals surface area contributed by atoms with Crippen molar-refractivity contribution in [2.45, 2.75) is 50.0 Å². The zero-order valence-corrected chi connectivity index (χ0v) is 15.0. The number of likely N-dealkylation sites (tertiary alicyclic amines) is 1. The monoisotopic (exact) mass is 339 g/mol. The first kappa shape index (κ1) is 17.8. The predicted octanol–water partition coefficient (Wildman–Crippen LogP) is 3.20. The molecule has 0 bridgehead atoms. The Morgan fingerprint density at radius 3 is 2.35 bits per heavy atom. The van der Waals surface area contributed by atoms with Gasteiger partial charge in [-0.1, -0.05) is 12.1 Å². The van der Waals surface area contributed by atoms with Crippen molar-refractivity contribution in [3.8, 4) is 0 Å². The standard InChI is InChI=1S/C17H25NO4S/c1-17(2,3)22-16(19)18-11-5-6-14(12-18)13-7-9-15(10-8-13)23(4,20)21/h7-10,14H,5-6,11-12H2,1-4H3. The molecule has 2 rings (SSSR count). The topological polar surface area (TPSA) is 63.7 Å². The maximum Gasteiger partial charge on any atom is 0.410 e. The highest BCUT2D eigenvalue weighted by Crippen LogP contribution is 2.28. The maximum atomic E-state index is 12.2. The fraction of sp³-hybridized carbons (Fsp3) is 0.588. The number of hydrogen-bond acceptors (Lipinski definition) is 4. The van der Waals surface area contributed by atoms with Gasteiger partial charge < -0.3 is 9.64 Å². The molecule has 0 aliphatic carbocycles. The third-order valence-corrected chi connectivity index (χ3v) is 4.98. The van der Waals surface area contributed by atoms with E-state index in [0.29, 0.717) is 18.0 Å². The molecule has 1 heterocycles. The summed E-state index contributed by atoms with van der Waals surface area (Å²) in [6.07, 6.45) is 2.82. The SMILES string of the molecule is CC(C)(C)OC(=O)N1CCCC(c2ccc(S(C)(=O)=O)cc2)C1. The second kappa shape index (κ2) is 6.51. The molecule has 1 aliphatic rings. The lowest BCUT2D eigenvalue weighted by Crippen LogP contribution is -2.42. The van der Waals surface area contributed by atoms with Gasteiger partial charge >= 0.3 is 6.09 Å². The largest absolute Gasteiger partial charge is 0.444 e. The number of carbonyl (C=O) groups excluding carboxylic acids is 1. The number of benzene rings is 1. The summed E-state index contributed by atoms with van der Waals surface area (Å²) in [6, 6.07) is 6.97. The van der Waals surface area contributed by atoms with E-state index in [-0.39, 0.29) is 12.0 Å². The van der Waals surface area contributed by atoms with Crippen molar-refractivity contribution in [3.63, 3.8) is 0 Å². The summed E-state index contributed by atoms with van der Waals surface area (Å²) < 4.78 is 28.5. The quantitative estimate of drug-likeness (QED) is 0.830. The van der Waals surface area contributed by atoms with Gasteiger partial charge in [-0.25, -0.2) is 13.2 Å². The number of sulfone groups is 1. The zero-order valence-electron chi connectivity index (χ0n) is 14.2. The van der Waals surface area contributed by atoms with Crippen molar-refractivity contribution in [1.82, 2.24) is 4.90 Å². The lowest BCUT2D eigenvalue weighted by Gasteiger charge is -2.34. The molecule has 1 amide bonds. The minimum absolute atomic E-state index is 0.213. The van der Waals surface area contributed by atoms with E-state index in [4.69, 9.17) is 4.74 Å². The van der Waals surface area contributed by atoms with Crippen LogP contribution in [0.25, 0.3) is 0 Å². The molecule has 1 unspecified atom stereocenters. The molecule has 6 heteroatoms. The van der Waals surface area contributed by atoms with Crippen LogP contribution in [0.2, 0.25) is 0 Å². The van der Waals surface area contributed by atoms with Crippen molar-refractivity contribution in [2.24, 2.45) is 0 Å². The van der Waals surface area contributed by atoms with Crippen molar-refractivity contribution >= 4 is 15.9 Å². The van der Waals surface area contributed by atoms with Crippen LogP contribution in [0.4, 0.5) is 4.79 Å². The fourth-order valence-corrected chi connectivity index (χ4v) is 3.36. The fourth-order valence-electron chi connectivity index (χ4n) is 2.73. The van der Waals surface area contributed by atoms with E-state index in [1.807, 2.05) is 32.9 Å². The maximum absolute atomic E-state index is 12.2. The summed E-state index contributed by atoms with van der Waals surface area (Å²) in [7, 11) is -3.18. The molecule has 0 saturated carbocycles. The number of rotatable bonds is 2. The summed E-state index contributed by atoms with van der Waals surface area (Å²) in [5.74, 6) is 0.213. The van der Waals surface area contributed by atoms with Gasteiger partial charge in [-0.2, -0.15) is 0 Å². The minimum Gasteiger partial charge on any atom is -0.444 e. The molecule has 128 valence electrons. The van der Waals surface area contributed by atoms with E-state index in [1.54, 1.807) is 17.0 Å². The van der Waals surface area contributed by atoms with Crippen LogP contribution in [0.3, 0.4) is 0 Å². The Labute approximate surface area is 138 Å². The van der Waals surface area contributed by atoms with E-state index in [2.05, 4.69) is 0 Å². The van der Waals surface area contributed by atoms with Crippen LogP contribution in [0.5, 0.6) is 0 Å². The van der Waals surface area contributed by atoms with Crippen molar-refractivity contribution in [1.29, 1.82) is 0 Å². The van der Waals surface area contributed by atoms with Crippen molar-refractivity contribution < 1.29 is 17.9 Å². The Kier molecular flexibility index (Phi) is 5.04. The molecule has 0 N–H and O–H groups in total.